The number of rotatable bonds is 2. The second-order valence-electron chi connectivity index (χ2n) is 3.94. The van der Waals surface area contributed by atoms with Gasteiger partial charge in [-0.05, 0) is 45.8 Å². The zero-order valence-electron chi connectivity index (χ0n) is 7.96. The number of hydrogen-bond acceptors (Lipinski definition) is 2. The summed E-state index contributed by atoms with van der Waals surface area (Å²) in [5, 5.41) is 0. The first-order chi connectivity index (χ1) is 5.61. The molecule has 0 aromatic heterocycles. The van der Waals surface area contributed by atoms with Crippen molar-refractivity contribution in [2.75, 3.05) is 20.1 Å². The van der Waals surface area contributed by atoms with Crippen LogP contribution in [0.25, 0.3) is 0 Å². The number of nitrogens with zero attached hydrogens (tertiary/aromatic N) is 1. The third-order valence-electron chi connectivity index (χ3n) is 2.72. The summed E-state index contributed by atoms with van der Waals surface area (Å²) in [5.74, 6) is 0.196. The number of halogens is 1. The van der Waals surface area contributed by atoms with Gasteiger partial charge >= 0.3 is 0 Å². The maximum absolute atomic E-state index is 13.4. The normalized spacial score (nSPS) is 27.0. The van der Waals surface area contributed by atoms with Crippen molar-refractivity contribution in [2.45, 2.75) is 32.0 Å². The molecular formula is C9H19FN2. The number of alkyl halides is 1. The van der Waals surface area contributed by atoms with E-state index in [1.54, 1.807) is 6.92 Å². The van der Waals surface area contributed by atoms with Gasteiger partial charge in [0.05, 0.1) is 0 Å². The molecule has 0 aromatic carbocycles. The molecule has 0 aliphatic carbocycles. The Morgan fingerprint density at radius 2 is 1.92 bits per heavy atom. The fraction of sp³-hybridized carbons (Fsp3) is 1.00. The van der Waals surface area contributed by atoms with Crippen LogP contribution in [0.1, 0.15) is 19.8 Å². The van der Waals surface area contributed by atoms with Gasteiger partial charge < -0.3 is 10.6 Å². The van der Waals surface area contributed by atoms with Crippen molar-refractivity contribution in [3.05, 3.63) is 0 Å². The first-order valence-corrected chi connectivity index (χ1v) is 4.69. The summed E-state index contributed by atoms with van der Waals surface area (Å²) in [4.78, 5) is 2.24. The average molecular weight is 174 g/mol. The lowest BCUT2D eigenvalue weighted by Crippen LogP contribution is -2.40. The Morgan fingerprint density at radius 1 is 1.42 bits per heavy atom. The minimum absolute atomic E-state index is 0.196. The van der Waals surface area contributed by atoms with Crippen molar-refractivity contribution in [3.63, 3.8) is 0 Å². The molecule has 2 nitrogen and oxygen atoms in total. The van der Waals surface area contributed by atoms with E-state index in [9.17, 15) is 4.39 Å². The van der Waals surface area contributed by atoms with Crippen LogP contribution >= 0.6 is 0 Å². The number of piperidine rings is 1. The van der Waals surface area contributed by atoms with Crippen LogP contribution < -0.4 is 5.73 Å². The number of nitrogens with two attached hydrogens (primary N) is 1. The zero-order valence-corrected chi connectivity index (χ0v) is 7.96. The summed E-state index contributed by atoms with van der Waals surface area (Å²) in [6, 6.07) is -0.307. The van der Waals surface area contributed by atoms with E-state index in [0.29, 0.717) is 0 Å². The smallest absolute Gasteiger partial charge is 0.118 e. The maximum atomic E-state index is 13.4. The van der Waals surface area contributed by atoms with Crippen LogP contribution in [-0.4, -0.2) is 37.3 Å². The Hall–Kier alpha value is -0.150. The Balaban J connectivity index is 2.34. The first kappa shape index (κ1) is 9.93. The highest BCUT2D eigenvalue weighted by Gasteiger charge is 2.27. The standard InChI is InChI=1S/C9H19FN2/c1-7(11)9(10)8-3-5-12(2)6-4-8/h7-9H,3-6,11H2,1-2H3. The highest BCUT2D eigenvalue weighted by Crippen LogP contribution is 2.23. The van der Waals surface area contributed by atoms with E-state index >= 15 is 0 Å². The summed E-state index contributed by atoms with van der Waals surface area (Å²) in [7, 11) is 2.08. The van der Waals surface area contributed by atoms with Crippen LogP contribution in [0, 0.1) is 5.92 Å². The lowest BCUT2D eigenvalue weighted by molar-refractivity contribution is 0.122. The quantitative estimate of drug-likeness (QED) is 0.677. The molecule has 2 atom stereocenters. The largest absolute Gasteiger partial charge is 0.325 e. The molecule has 0 saturated carbocycles. The molecule has 0 aromatic rings. The lowest BCUT2D eigenvalue weighted by atomic mass is 9.89. The van der Waals surface area contributed by atoms with Crippen molar-refractivity contribution in [2.24, 2.45) is 11.7 Å². The van der Waals surface area contributed by atoms with Gasteiger partial charge in [-0.25, -0.2) is 4.39 Å². The van der Waals surface area contributed by atoms with E-state index in [2.05, 4.69) is 11.9 Å². The van der Waals surface area contributed by atoms with Crippen molar-refractivity contribution >= 4 is 0 Å². The SMILES string of the molecule is CC(N)C(F)C1CCN(C)CC1. The highest BCUT2D eigenvalue weighted by molar-refractivity contribution is 4.80. The molecule has 3 heteroatoms. The fourth-order valence-corrected chi connectivity index (χ4v) is 1.78. The predicted molar refractivity (Wildman–Crippen MR) is 48.8 cm³/mol. The van der Waals surface area contributed by atoms with Crippen LogP contribution in [0.15, 0.2) is 0 Å². The van der Waals surface area contributed by atoms with E-state index in [1.165, 1.54) is 0 Å². The third-order valence-corrected chi connectivity index (χ3v) is 2.72. The Morgan fingerprint density at radius 3 is 2.33 bits per heavy atom. The molecular weight excluding hydrogens is 155 g/mol. The summed E-state index contributed by atoms with van der Waals surface area (Å²) in [5.41, 5.74) is 5.51. The maximum Gasteiger partial charge on any atom is 0.118 e. The minimum Gasteiger partial charge on any atom is -0.325 e. The Labute approximate surface area is 73.9 Å². The van der Waals surface area contributed by atoms with E-state index in [-0.39, 0.29) is 12.0 Å². The molecule has 2 N–H and O–H groups in total. The van der Waals surface area contributed by atoms with Crippen LogP contribution in [0.2, 0.25) is 0 Å². The van der Waals surface area contributed by atoms with E-state index < -0.39 is 6.17 Å². The van der Waals surface area contributed by atoms with Crippen LogP contribution in [0.3, 0.4) is 0 Å². The van der Waals surface area contributed by atoms with Gasteiger partial charge in [0.2, 0.25) is 0 Å². The van der Waals surface area contributed by atoms with Crippen molar-refractivity contribution in [3.8, 4) is 0 Å². The van der Waals surface area contributed by atoms with Crippen molar-refractivity contribution in [1.29, 1.82) is 0 Å². The van der Waals surface area contributed by atoms with E-state index in [4.69, 9.17) is 5.73 Å². The van der Waals surface area contributed by atoms with Gasteiger partial charge in [0.15, 0.2) is 0 Å². The molecule has 72 valence electrons. The van der Waals surface area contributed by atoms with Gasteiger partial charge in [0, 0.05) is 6.04 Å². The molecule has 1 rings (SSSR count). The van der Waals surface area contributed by atoms with Crippen molar-refractivity contribution < 1.29 is 4.39 Å². The summed E-state index contributed by atoms with van der Waals surface area (Å²) in [6.45, 7) is 3.78. The van der Waals surface area contributed by atoms with Gasteiger partial charge in [0.25, 0.3) is 0 Å². The molecule has 0 bridgehead atoms. The lowest BCUT2D eigenvalue weighted by Gasteiger charge is -2.32. The number of hydrogen-bond donors (Lipinski definition) is 1. The summed E-state index contributed by atoms with van der Waals surface area (Å²) >= 11 is 0. The van der Waals surface area contributed by atoms with Crippen LogP contribution in [-0.2, 0) is 0 Å². The Bertz CT molecular complexity index is 130. The molecule has 0 amide bonds. The predicted octanol–water partition coefficient (Wildman–Crippen LogP) is 1.01. The first-order valence-electron chi connectivity index (χ1n) is 4.69. The average Bonchev–Trinajstić information content (AvgIpc) is 2.04. The second-order valence-corrected chi connectivity index (χ2v) is 3.94. The van der Waals surface area contributed by atoms with Crippen LogP contribution in [0.4, 0.5) is 4.39 Å². The van der Waals surface area contributed by atoms with E-state index in [0.717, 1.165) is 25.9 Å². The minimum atomic E-state index is -0.807. The Kier molecular flexibility index (Phi) is 3.47. The second kappa shape index (κ2) is 4.19. The summed E-state index contributed by atoms with van der Waals surface area (Å²) < 4.78 is 13.4. The monoisotopic (exact) mass is 174 g/mol. The van der Waals surface area contributed by atoms with Gasteiger partial charge in [-0.15, -0.1) is 0 Å². The topological polar surface area (TPSA) is 29.3 Å². The molecule has 1 heterocycles. The number of likely N-dealkylation sites (tertiary alicyclic amines) is 1. The summed E-state index contributed by atoms with van der Waals surface area (Å²) in [6.07, 6.45) is 1.11. The molecule has 2 unspecified atom stereocenters. The van der Waals surface area contributed by atoms with Gasteiger partial charge in [-0.3, -0.25) is 0 Å². The molecule has 1 saturated heterocycles. The van der Waals surface area contributed by atoms with Crippen molar-refractivity contribution in [1.82, 2.24) is 4.90 Å². The molecule has 1 fully saturated rings. The molecule has 0 radical (unpaired) electrons. The van der Waals surface area contributed by atoms with Gasteiger partial charge in [-0.2, -0.15) is 0 Å². The fourth-order valence-electron chi connectivity index (χ4n) is 1.78. The van der Waals surface area contributed by atoms with Crippen LogP contribution in [0.5, 0.6) is 0 Å². The third kappa shape index (κ3) is 2.42. The van der Waals surface area contributed by atoms with Gasteiger partial charge in [0.1, 0.15) is 6.17 Å². The van der Waals surface area contributed by atoms with Gasteiger partial charge in [-0.1, -0.05) is 0 Å². The molecule has 1 aliphatic heterocycles. The molecule has 0 spiro atoms. The van der Waals surface area contributed by atoms with E-state index in [1.807, 2.05) is 0 Å². The zero-order chi connectivity index (χ0) is 9.14. The molecule has 12 heavy (non-hydrogen) atoms. The highest BCUT2D eigenvalue weighted by atomic mass is 19.1. The molecule has 1 aliphatic rings.